The van der Waals surface area contributed by atoms with Crippen LogP contribution in [-0.4, -0.2) is 19.2 Å². The lowest BCUT2D eigenvalue weighted by Crippen LogP contribution is -2.34. The molecule has 2 amide bonds. The fraction of sp³-hybridized carbons (Fsp3) is 0.316. The maximum atomic E-state index is 13.9. The second kappa shape index (κ2) is 8.92. The Morgan fingerprint density at radius 3 is 2.48 bits per heavy atom. The van der Waals surface area contributed by atoms with Gasteiger partial charge in [-0.1, -0.05) is 24.3 Å². The van der Waals surface area contributed by atoms with Gasteiger partial charge in [-0.25, -0.2) is 9.18 Å². The first-order chi connectivity index (χ1) is 12.0. The van der Waals surface area contributed by atoms with E-state index in [-0.39, 0.29) is 24.4 Å². The second-order valence-electron chi connectivity index (χ2n) is 5.78. The summed E-state index contributed by atoms with van der Waals surface area (Å²) in [5.41, 5.74) is 1.53. The van der Waals surface area contributed by atoms with Gasteiger partial charge in [0, 0.05) is 18.7 Å². The summed E-state index contributed by atoms with van der Waals surface area (Å²) in [6, 6.07) is 11.8. The minimum atomic E-state index is -0.442. The van der Waals surface area contributed by atoms with Crippen LogP contribution in [0.4, 0.5) is 9.18 Å². The third-order valence-electron chi connectivity index (χ3n) is 3.44. The first kappa shape index (κ1) is 18.6. The molecule has 0 bridgehead atoms. The molecule has 0 saturated heterocycles. The largest absolute Gasteiger partial charge is 0.496 e. The summed E-state index contributed by atoms with van der Waals surface area (Å²) in [4.78, 5) is 11.9. The Labute approximate surface area is 147 Å². The first-order valence-electron chi connectivity index (χ1n) is 8.08. The fourth-order valence-electron chi connectivity index (χ4n) is 2.27. The number of rotatable bonds is 7. The number of amides is 2. The minimum absolute atomic E-state index is 0.0979. The van der Waals surface area contributed by atoms with Crippen molar-refractivity contribution in [3.8, 4) is 11.5 Å². The first-order valence-corrected chi connectivity index (χ1v) is 8.08. The normalized spacial score (nSPS) is 10.4. The maximum absolute atomic E-state index is 13.9. The lowest BCUT2D eigenvalue weighted by Gasteiger charge is -2.12. The summed E-state index contributed by atoms with van der Waals surface area (Å²) >= 11 is 0. The number of carbonyl (C=O) groups is 1. The van der Waals surface area contributed by atoms with Gasteiger partial charge < -0.3 is 20.1 Å². The zero-order chi connectivity index (χ0) is 18.2. The van der Waals surface area contributed by atoms with Crippen LogP contribution in [0.15, 0.2) is 42.5 Å². The number of halogens is 1. The quantitative estimate of drug-likeness (QED) is 0.805. The molecule has 0 fully saturated rings. The highest BCUT2D eigenvalue weighted by Crippen LogP contribution is 2.19. The summed E-state index contributed by atoms with van der Waals surface area (Å²) < 4.78 is 24.5. The Morgan fingerprint density at radius 1 is 1.08 bits per heavy atom. The van der Waals surface area contributed by atoms with Gasteiger partial charge in [0.1, 0.15) is 5.75 Å². The lowest BCUT2D eigenvalue weighted by atomic mass is 10.2. The van der Waals surface area contributed by atoms with Gasteiger partial charge in [0.15, 0.2) is 11.6 Å². The van der Waals surface area contributed by atoms with Crippen LogP contribution in [0.2, 0.25) is 0 Å². The van der Waals surface area contributed by atoms with Crippen LogP contribution in [0.3, 0.4) is 0 Å². The fourth-order valence-corrected chi connectivity index (χ4v) is 2.27. The molecule has 0 atom stereocenters. The maximum Gasteiger partial charge on any atom is 0.315 e. The summed E-state index contributed by atoms with van der Waals surface area (Å²) in [5.74, 6) is 0.479. The van der Waals surface area contributed by atoms with E-state index < -0.39 is 5.82 Å². The molecule has 0 aliphatic heterocycles. The number of hydrogen-bond acceptors (Lipinski definition) is 3. The summed E-state index contributed by atoms with van der Waals surface area (Å²) in [6.07, 6.45) is -0.0979. The molecule has 0 aromatic heterocycles. The average molecular weight is 346 g/mol. The van der Waals surface area contributed by atoms with Crippen molar-refractivity contribution in [2.24, 2.45) is 0 Å². The Balaban J connectivity index is 1.84. The summed E-state index contributed by atoms with van der Waals surface area (Å²) in [7, 11) is 1.58. The Bertz CT molecular complexity index is 720. The molecule has 134 valence electrons. The smallest absolute Gasteiger partial charge is 0.315 e. The lowest BCUT2D eigenvalue weighted by molar-refractivity contribution is 0.231. The molecule has 0 heterocycles. The van der Waals surface area contributed by atoms with E-state index in [2.05, 4.69) is 10.6 Å². The molecule has 0 saturated carbocycles. The highest BCUT2D eigenvalue weighted by Gasteiger charge is 2.08. The van der Waals surface area contributed by atoms with E-state index in [0.29, 0.717) is 17.9 Å². The van der Waals surface area contributed by atoms with Crippen molar-refractivity contribution in [1.29, 1.82) is 0 Å². The molecule has 25 heavy (non-hydrogen) atoms. The van der Waals surface area contributed by atoms with Crippen LogP contribution in [-0.2, 0) is 13.1 Å². The minimum Gasteiger partial charge on any atom is -0.496 e. The zero-order valence-corrected chi connectivity index (χ0v) is 14.6. The van der Waals surface area contributed by atoms with E-state index in [4.69, 9.17) is 9.47 Å². The predicted molar refractivity (Wildman–Crippen MR) is 94.2 cm³/mol. The number of ether oxygens (including phenoxy) is 2. The monoisotopic (exact) mass is 346 g/mol. The van der Waals surface area contributed by atoms with Crippen molar-refractivity contribution in [2.75, 3.05) is 7.11 Å². The van der Waals surface area contributed by atoms with Crippen LogP contribution in [0.25, 0.3) is 0 Å². The molecule has 0 aliphatic rings. The van der Waals surface area contributed by atoms with Crippen LogP contribution in [0.1, 0.15) is 25.0 Å². The standard InChI is InChI=1S/C19H23FN2O3/c1-13(2)25-18-9-8-14(10-16(18)20)11-21-19(23)22-12-15-6-4-5-7-17(15)24-3/h4-10,13H,11-12H2,1-3H3,(H2,21,22,23). The number of methoxy groups -OCH3 is 1. The highest BCUT2D eigenvalue weighted by molar-refractivity contribution is 5.73. The molecule has 0 spiro atoms. The molecular formula is C19H23FN2O3. The molecule has 6 heteroatoms. The van der Waals surface area contributed by atoms with E-state index in [9.17, 15) is 9.18 Å². The van der Waals surface area contributed by atoms with Crippen LogP contribution < -0.4 is 20.1 Å². The predicted octanol–water partition coefficient (Wildman–Crippen LogP) is 3.62. The third kappa shape index (κ3) is 5.67. The topological polar surface area (TPSA) is 59.6 Å². The van der Waals surface area contributed by atoms with Crippen LogP contribution in [0, 0.1) is 5.82 Å². The molecule has 0 aliphatic carbocycles. The van der Waals surface area contributed by atoms with Gasteiger partial charge in [-0.3, -0.25) is 0 Å². The van der Waals surface area contributed by atoms with Gasteiger partial charge in [-0.15, -0.1) is 0 Å². The molecule has 2 aromatic rings. The number of urea groups is 1. The summed E-state index contributed by atoms with van der Waals surface area (Å²) in [5, 5.41) is 5.44. The highest BCUT2D eigenvalue weighted by atomic mass is 19.1. The zero-order valence-electron chi connectivity index (χ0n) is 14.6. The Kier molecular flexibility index (Phi) is 6.62. The van der Waals surface area contributed by atoms with Gasteiger partial charge >= 0.3 is 6.03 Å². The van der Waals surface area contributed by atoms with Crippen molar-refractivity contribution < 1.29 is 18.7 Å². The van der Waals surface area contributed by atoms with E-state index in [1.54, 1.807) is 19.2 Å². The van der Waals surface area contributed by atoms with E-state index in [0.717, 1.165) is 5.56 Å². The number of benzene rings is 2. The van der Waals surface area contributed by atoms with Crippen LogP contribution >= 0.6 is 0 Å². The number of hydrogen-bond donors (Lipinski definition) is 2. The van der Waals surface area contributed by atoms with Crippen molar-refractivity contribution in [3.05, 3.63) is 59.4 Å². The molecule has 2 N–H and O–H groups in total. The van der Waals surface area contributed by atoms with Crippen molar-refractivity contribution in [2.45, 2.75) is 33.0 Å². The van der Waals surface area contributed by atoms with Crippen LogP contribution in [0.5, 0.6) is 11.5 Å². The van der Waals surface area contributed by atoms with E-state index >= 15 is 0 Å². The van der Waals surface area contributed by atoms with Gasteiger partial charge in [-0.05, 0) is 37.6 Å². The van der Waals surface area contributed by atoms with Crippen molar-refractivity contribution >= 4 is 6.03 Å². The van der Waals surface area contributed by atoms with E-state index in [1.165, 1.54) is 6.07 Å². The Morgan fingerprint density at radius 2 is 1.80 bits per heavy atom. The molecule has 0 unspecified atom stereocenters. The third-order valence-corrected chi connectivity index (χ3v) is 3.44. The SMILES string of the molecule is COc1ccccc1CNC(=O)NCc1ccc(OC(C)C)c(F)c1. The average Bonchev–Trinajstić information content (AvgIpc) is 2.60. The van der Waals surface area contributed by atoms with Gasteiger partial charge in [-0.2, -0.15) is 0 Å². The van der Waals surface area contributed by atoms with E-state index in [1.807, 2.05) is 38.1 Å². The van der Waals surface area contributed by atoms with Gasteiger partial charge in [0.2, 0.25) is 0 Å². The summed E-state index contributed by atoms with van der Waals surface area (Å²) in [6.45, 7) is 4.23. The van der Waals surface area contributed by atoms with Crippen molar-refractivity contribution in [3.63, 3.8) is 0 Å². The molecule has 0 radical (unpaired) electrons. The number of para-hydroxylation sites is 1. The molecule has 2 aromatic carbocycles. The number of nitrogens with one attached hydrogen (secondary N) is 2. The molecule has 5 nitrogen and oxygen atoms in total. The second-order valence-corrected chi connectivity index (χ2v) is 5.78. The molecular weight excluding hydrogens is 323 g/mol. The Hall–Kier alpha value is -2.76. The van der Waals surface area contributed by atoms with Crippen molar-refractivity contribution in [1.82, 2.24) is 10.6 Å². The van der Waals surface area contributed by atoms with Gasteiger partial charge in [0.05, 0.1) is 13.2 Å². The number of carbonyl (C=O) groups excluding carboxylic acids is 1. The molecule has 2 rings (SSSR count). The van der Waals surface area contributed by atoms with Gasteiger partial charge in [0.25, 0.3) is 0 Å².